The predicted molar refractivity (Wildman–Crippen MR) is 96.8 cm³/mol. The number of anilines is 2. The van der Waals surface area contributed by atoms with Crippen molar-refractivity contribution in [1.29, 1.82) is 0 Å². The molecule has 0 aliphatic heterocycles. The molecule has 2 aromatic rings. The van der Waals surface area contributed by atoms with Gasteiger partial charge >= 0.3 is 0 Å². The molecule has 2 aromatic carbocycles. The van der Waals surface area contributed by atoms with Gasteiger partial charge in [-0.05, 0) is 31.2 Å². The lowest BCUT2D eigenvalue weighted by Crippen LogP contribution is -2.16. The molecule has 0 bridgehead atoms. The zero-order valence-electron chi connectivity index (χ0n) is 13.0. The average Bonchev–Trinajstić information content (AvgIpc) is 2.55. The topological polar surface area (TPSA) is 58.2 Å². The summed E-state index contributed by atoms with van der Waals surface area (Å²) in [5.41, 5.74) is 2.74. The number of thioether (sulfide) groups is 1. The molecule has 23 heavy (non-hydrogen) atoms. The van der Waals surface area contributed by atoms with Crippen molar-refractivity contribution in [2.45, 2.75) is 13.3 Å². The van der Waals surface area contributed by atoms with Crippen molar-refractivity contribution in [3.63, 3.8) is 0 Å². The normalized spacial score (nSPS) is 10.1. The lowest BCUT2D eigenvalue weighted by molar-refractivity contribution is -0.116. The molecule has 0 heterocycles. The highest BCUT2D eigenvalue weighted by atomic mass is 32.2. The van der Waals surface area contributed by atoms with Crippen molar-refractivity contribution >= 4 is 35.0 Å². The summed E-state index contributed by atoms with van der Waals surface area (Å²) in [4.78, 5) is 23.6. The Bertz CT molecular complexity index is 642. The van der Waals surface area contributed by atoms with Crippen LogP contribution >= 0.6 is 11.8 Å². The molecule has 0 spiro atoms. The van der Waals surface area contributed by atoms with Crippen molar-refractivity contribution in [1.82, 2.24) is 0 Å². The molecule has 5 heteroatoms. The quantitative estimate of drug-likeness (QED) is 0.762. The fraction of sp³-hybridized carbons (Fsp3) is 0.222. The fourth-order valence-corrected chi connectivity index (χ4v) is 2.64. The molecule has 0 aromatic heterocycles. The van der Waals surface area contributed by atoms with Crippen LogP contribution in [0.4, 0.5) is 11.4 Å². The molecule has 120 valence electrons. The number of hydrogen-bond acceptors (Lipinski definition) is 3. The summed E-state index contributed by atoms with van der Waals surface area (Å²) in [5.74, 6) is 0.858. The Hall–Kier alpha value is -2.27. The number of amides is 2. The minimum Gasteiger partial charge on any atom is -0.326 e. The number of carbonyl (C=O) groups is 2. The monoisotopic (exact) mass is 328 g/mol. The van der Waals surface area contributed by atoms with Crippen molar-refractivity contribution < 1.29 is 9.59 Å². The molecule has 0 aliphatic carbocycles. The van der Waals surface area contributed by atoms with E-state index in [0.717, 1.165) is 16.9 Å². The van der Waals surface area contributed by atoms with E-state index in [2.05, 4.69) is 10.6 Å². The van der Waals surface area contributed by atoms with Crippen LogP contribution in [0.1, 0.15) is 12.0 Å². The first-order valence-corrected chi connectivity index (χ1v) is 8.58. The number of para-hydroxylation sites is 1. The largest absolute Gasteiger partial charge is 0.326 e. The van der Waals surface area contributed by atoms with Gasteiger partial charge in [0, 0.05) is 23.5 Å². The summed E-state index contributed by atoms with van der Waals surface area (Å²) in [6.45, 7) is 2.00. The Balaban J connectivity index is 1.62. The summed E-state index contributed by atoms with van der Waals surface area (Å²) in [6.07, 6.45) is 0.386. The summed E-state index contributed by atoms with van der Waals surface area (Å²) in [5, 5.41) is 5.66. The Labute approximate surface area is 140 Å². The third kappa shape index (κ3) is 6.57. The highest BCUT2D eigenvalue weighted by Gasteiger charge is 2.05. The van der Waals surface area contributed by atoms with E-state index in [0.29, 0.717) is 17.9 Å². The number of rotatable bonds is 7. The Morgan fingerprint density at radius 2 is 1.48 bits per heavy atom. The molecule has 0 aliphatic rings. The zero-order chi connectivity index (χ0) is 16.5. The Morgan fingerprint density at radius 3 is 2.17 bits per heavy atom. The number of hydrogen-bond donors (Lipinski definition) is 2. The SMILES string of the molecule is Cc1ccc(NC(=O)CSCCC(=O)Nc2ccccc2)cc1. The molecule has 2 N–H and O–H groups in total. The van der Waals surface area contributed by atoms with E-state index in [-0.39, 0.29) is 11.8 Å². The lowest BCUT2D eigenvalue weighted by atomic mass is 10.2. The third-order valence-electron chi connectivity index (χ3n) is 3.10. The molecule has 0 atom stereocenters. The van der Waals surface area contributed by atoms with E-state index in [9.17, 15) is 9.59 Å². The number of carbonyl (C=O) groups excluding carboxylic acids is 2. The van der Waals surface area contributed by atoms with Gasteiger partial charge in [0.15, 0.2) is 0 Å². The van der Waals surface area contributed by atoms with Gasteiger partial charge < -0.3 is 10.6 Å². The number of nitrogens with one attached hydrogen (secondary N) is 2. The van der Waals surface area contributed by atoms with Crippen LogP contribution in [0, 0.1) is 6.92 Å². The molecular formula is C18H20N2O2S. The maximum absolute atomic E-state index is 11.8. The van der Waals surface area contributed by atoms with Gasteiger partial charge in [-0.1, -0.05) is 35.9 Å². The van der Waals surface area contributed by atoms with Gasteiger partial charge in [-0.25, -0.2) is 0 Å². The highest BCUT2D eigenvalue weighted by Crippen LogP contribution is 2.11. The second-order valence-electron chi connectivity index (χ2n) is 5.13. The first kappa shape index (κ1) is 17.1. The maximum Gasteiger partial charge on any atom is 0.234 e. The van der Waals surface area contributed by atoms with Gasteiger partial charge in [0.1, 0.15) is 0 Å². The minimum atomic E-state index is -0.0534. The van der Waals surface area contributed by atoms with Crippen molar-refractivity contribution in [2.75, 3.05) is 22.1 Å². The van der Waals surface area contributed by atoms with Gasteiger partial charge in [0.05, 0.1) is 5.75 Å². The first-order chi connectivity index (χ1) is 11.1. The molecule has 2 amide bonds. The van der Waals surface area contributed by atoms with E-state index < -0.39 is 0 Å². The van der Waals surface area contributed by atoms with E-state index in [1.165, 1.54) is 11.8 Å². The van der Waals surface area contributed by atoms with Crippen LogP contribution in [-0.2, 0) is 9.59 Å². The number of aryl methyl sites for hydroxylation is 1. The van der Waals surface area contributed by atoms with Gasteiger partial charge in [0.2, 0.25) is 11.8 Å². The van der Waals surface area contributed by atoms with Crippen LogP contribution in [0.2, 0.25) is 0 Å². The van der Waals surface area contributed by atoms with Crippen LogP contribution in [0.15, 0.2) is 54.6 Å². The van der Waals surface area contributed by atoms with Crippen molar-refractivity contribution in [3.8, 4) is 0 Å². The van der Waals surface area contributed by atoms with Crippen LogP contribution < -0.4 is 10.6 Å². The van der Waals surface area contributed by atoms with E-state index in [1.54, 1.807) is 0 Å². The predicted octanol–water partition coefficient (Wildman–Crippen LogP) is 3.70. The average molecular weight is 328 g/mol. The van der Waals surface area contributed by atoms with Crippen LogP contribution in [0.3, 0.4) is 0 Å². The molecule has 0 saturated heterocycles. The standard InChI is InChI=1S/C18H20N2O2S/c1-14-7-9-16(10-8-14)20-18(22)13-23-12-11-17(21)19-15-5-3-2-4-6-15/h2-10H,11-13H2,1H3,(H,19,21)(H,20,22). The van der Waals surface area contributed by atoms with Crippen LogP contribution in [0.5, 0.6) is 0 Å². The minimum absolute atomic E-state index is 0.0392. The van der Waals surface area contributed by atoms with Gasteiger partial charge in [-0.2, -0.15) is 11.8 Å². The number of benzene rings is 2. The summed E-state index contributed by atoms with van der Waals surface area (Å²) >= 11 is 1.45. The third-order valence-corrected chi connectivity index (χ3v) is 4.06. The Morgan fingerprint density at radius 1 is 0.870 bits per heavy atom. The molecular weight excluding hydrogens is 308 g/mol. The van der Waals surface area contributed by atoms with Gasteiger partial charge in [0.25, 0.3) is 0 Å². The van der Waals surface area contributed by atoms with Gasteiger partial charge in [-0.3, -0.25) is 9.59 Å². The van der Waals surface area contributed by atoms with E-state index in [1.807, 2.05) is 61.5 Å². The van der Waals surface area contributed by atoms with Gasteiger partial charge in [-0.15, -0.1) is 0 Å². The van der Waals surface area contributed by atoms with E-state index in [4.69, 9.17) is 0 Å². The van der Waals surface area contributed by atoms with Crippen molar-refractivity contribution in [2.24, 2.45) is 0 Å². The molecule has 4 nitrogen and oxygen atoms in total. The Kier molecular flexibility index (Phi) is 6.69. The smallest absolute Gasteiger partial charge is 0.234 e. The first-order valence-electron chi connectivity index (χ1n) is 7.42. The zero-order valence-corrected chi connectivity index (χ0v) is 13.9. The van der Waals surface area contributed by atoms with E-state index >= 15 is 0 Å². The molecule has 0 radical (unpaired) electrons. The summed E-state index contributed by atoms with van der Waals surface area (Å²) in [6, 6.07) is 17.0. The second-order valence-corrected chi connectivity index (χ2v) is 6.24. The summed E-state index contributed by atoms with van der Waals surface area (Å²) in [7, 11) is 0. The molecule has 0 saturated carbocycles. The lowest BCUT2D eigenvalue weighted by Gasteiger charge is -2.06. The van der Waals surface area contributed by atoms with Crippen LogP contribution in [0.25, 0.3) is 0 Å². The second kappa shape index (κ2) is 9.00. The summed E-state index contributed by atoms with van der Waals surface area (Å²) < 4.78 is 0. The molecule has 0 fully saturated rings. The molecule has 2 rings (SSSR count). The fourth-order valence-electron chi connectivity index (χ4n) is 1.91. The van der Waals surface area contributed by atoms with Crippen molar-refractivity contribution in [3.05, 3.63) is 60.2 Å². The molecule has 0 unspecified atom stereocenters. The maximum atomic E-state index is 11.8. The highest BCUT2D eigenvalue weighted by molar-refractivity contribution is 7.99. The van der Waals surface area contributed by atoms with Crippen LogP contribution in [-0.4, -0.2) is 23.3 Å².